The van der Waals surface area contributed by atoms with Crippen molar-refractivity contribution in [3.63, 3.8) is 0 Å². The first-order valence-electron chi connectivity index (χ1n) is 2.46. The smallest absolute Gasteiger partial charge is 0.0520 e. The molecule has 0 aliphatic rings. The maximum atomic E-state index is 5.35. The fourth-order valence-electron chi connectivity index (χ4n) is 0. The molecule has 8 heavy (non-hydrogen) atoms. The van der Waals surface area contributed by atoms with Crippen LogP contribution < -0.4 is 0 Å². The van der Waals surface area contributed by atoms with Gasteiger partial charge in [-0.2, -0.15) is 0 Å². The van der Waals surface area contributed by atoms with Gasteiger partial charge in [0.05, 0.1) is 6.49 Å². The Kier molecular flexibility index (Phi) is 4.51. The van der Waals surface area contributed by atoms with Crippen molar-refractivity contribution in [2.24, 2.45) is 0 Å². The molecule has 0 aliphatic carbocycles. The molecule has 0 bridgehead atoms. The predicted octanol–water partition coefficient (Wildman–Crippen LogP) is 1.25. The first-order chi connectivity index (χ1) is 2.94. The van der Waals surface area contributed by atoms with Gasteiger partial charge in [-0.1, -0.05) is 33.5 Å². The third-order valence-corrected chi connectivity index (χ3v) is 1.00. The summed E-state index contributed by atoms with van der Waals surface area (Å²) in [6, 6.07) is 0. The maximum absolute atomic E-state index is 5.35. The lowest BCUT2D eigenvalue weighted by molar-refractivity contribution is 0.758. The van der Waals surface area contributed by atoms with Crippen LogP contribution in [-0.4, -0.2) is 22.0 Å². The second-order valence-corrected chi connectivity index (χ2v) is 2.89. The summed E-state index contributed by atoms with van der Waals surface area (Å²) >= 11 is 0. The predicted molar refractivity (Wildman–Crippen MR) is 43.7 cm³/mol. The lowest BCUT2D eigenvalue weighted by Gasteiger charge is -2.21. The Labute approximate surface area is 56.3 Å². The fraction of sp³-hybridized carbons (Fsp3) is 1.00. The van der Waals surface area contributed by atoms with Gasteiger partial charge in [-0.3, -0.25) is 0 Å². The minimum absolute atomic E-state index is 0. The molecule has 0 unspecified atom stereocenters. The lowest BCUT2D eigenvalue weighted by atomic mass is 9.11. The minimum atomic E-state index is -0.201. The Morgan fingerprint density at radius 1 is 1.12 bits per heavy atom. The molecule has 0 saturated heterocycles. The highest BCUT2D eigenvalue weighted by Gasteiger charge is 2.15. The standard InChI is InChI=1S/C4H9B3.CH4/c1-4(2,3)7(5)6;/h1-3H3;1H4. The van der Waals surface area contributed by atoms with Gasteiger partial charge in [0, 0.05) is 15.5 Å². The van der Waals surface area contributed by atoms with Gasteiger partial charge >= 0.3 is 0 Å². The van der Waals surface area contributed by atoms with E-state index >= 15 is 0 Å². The maximum Gasteiger partial charge on any atom is 0.0520 e. The highest BCUT2D eigenvalue weighted by molar-refractivity contribution is 7.30. The van der Waals surface area contributed by atoms with Crippen molar-refractivity contribution in [3.05, 3.63) is 0 Å². The van der Waals surface area contributed by atoms with E-state index < -0.39 is 0 Å². The van der Waals surface area contributed by atoms with Crippen LogP contribution in [0.3, 0.4) is 0 Å². The van der Waals surface area contributed by atoms with Crippen molar-refractivity contribution >= 4 is 22.0 Å². The van der Waals surface area contributed by atoms with Gasteiger partial charge in [-0.05, 0) is 0 Å². The lowest BCUT2D eigenvalue weighted by Crippen LogP contribution is -2.26. The van der Waals surface area contributed by atoms with Gasteiger partial charge in [-0.25, -0.2) is 0 Å². The summed E-state index contributed by atoms with van der Waals surface area (Å²) in [4.78, 5) is 0. The molecule has 3 heteroatoms. The Morgan fingerprint density at radius 3 is 1.25 bits per heavy atom. The summed E-state index contributed by atoms with van der Waals surface area (Å²) in [6.45, 7) is 5.83. The molecule has 0 heterocycles. The normalized spacial score (nSPS) is 9.88. The molecule has 0 amide bonds. The van der Waals surface area contributed by atoms with E-state index in [2.05, 4.69) is 0 Å². The average Bonchev–Trinajstić information content (AvgIpc) is 1.31. The second-order valence-electron chi connectivity index (χ2n) is 2.89. The van der Waals surface area contributed by atoms with Crippen LogP contribution in [0, 0.1) is 0 Å². The Morgan fingerprint density at radius 2 is 1.25 bits per heavy atom. The fourth-order valence-corrected chi connectivity index (χ4v) is 0. The third kappa shape index (κ3) is 4.36. The third-order valence-electron chi connectivity index (χ3n) is 1.00. The molecule has 0 atom stereocenters. The monoisotopic (exact) mass is 106 g/mol. The van der Waals surface area contributed by atoms with E-state index in [1.165, 1.54) is 0 Å². The molecule has 0 aromatic carbocycles. The quantitative estimate of drug-likeness (QED) is 0.407. The molecular formula is C5H13B3. The summed E-state index contributed by atoms with van der Waals surface area (Å²) in [7, 11) is 10.7. The Hall–Kier alpha value is 0.195. The molecule has 0 saturated carbocycles. The summed E-state index contributed by atoms with van der Waals surface area (Å²) in [5.41, 5.74) is 0. The molecule has 0 fully saturated rings. The SMILES string of the molecule is C.[B]B([B])C(C)(C)C. The Bertz CT molecular complexity index is 53.2. The summed E-state index contributed by atoms with van der Waals surface area (Å²) in [5, 5.41) is 0.0556. The zero-order valence-corrected chi connectivity index (χ0v) is 5.23. The topological polar surface area (TPSA) is 0 Å². The second kappa shape index (κ2) is 3.27. The molecule has 0 spiro atoms. The van der Waals surface area contributed by atoms with Gasteiger partial charge in [0.25, 0.3) is 0 Å². The van der Waals surface area contributed by atoms with Crippen LogP contribution in [-0.2, 0) is 0 Å². The van der Waals surface area contributed by atoms with Crippen molar-refractivity contribution < 1.29 is 0 Å². The minimum Gasteiger partial charge on any atom is -0.0776 e. The van der Waals surface area contributed by atoms with Crippen LogP contribution in [0.15, 0.2) is 0 Å². The molecule has 0 aliphatic heterocycles. The zero-order chi connectivity index (χ0) is 6.08. The summed E-state index contributed by atoms with van der Waals surface area (Å²) in [5.74, 6) is 0. The summed E-state index contributed by atoms with van der Waals surface area (Å²) < 4.78 is 0. The molecular weight excluding hydrogens is 92.5 g/mol. The van der Waals surface area contributed by atoms with E-state index in [0.717, 1.165) is 0 Å². The summed E-state index contributed by atoms with van der Waals surface area (Å²) in [6.07, 6.45) is 0. The van der Waals surface area contributed by atoms with Gasteiger partial charge in [-0.15, -0.1) is 0 Å². The molecule has 0 N–H and O–H groups in total. The van der Waals surface area contributed by atoms with Crippen molar-refractivity contribution in [3.8, 4) is 0 Å². The number of hydrogen-bond acceptors (Lipinski definition) is 0. The van der Waals surface area contributed by atoms with Gasteiger partial charge < -0.3 is 0 Å². The molecule has 0 aromatic heterocycles. The molecule has 0 aromatic rings. The van der Waals surface area contributed by atoms with Crippen molar-refractivity contribution in [1.29, 1.82) is 0 Å². The zero-order valence-electron chi connectivity index (χ0n) is 5.23. The highest BCUT2D eigenvalue weighted by atomic mass is 14.0. The van der Waals surface area contributed by atoms with E-state index in [1.54, 1.807) is 0 Å². The number of rotatable bonds is 0. The van der Waals surface area contributed by atoms with E-state index in [1.807, 2.05) is 20.8 Å². The number of hydrogen-bond donors (Lipinski definition) is 0. The highest BCUT2D eigenvalue weighted by Crippen LogP contribution is 2.22. The van der Waals surface area contributed by atoms with E-state index in [4.69, 9.17) is 15.5 Å². The first-order valence-corrected chi connectivity index (χ1v) is 2.46. The average molecular weight is 106 g/mol. The molecule has 4 radical (unpaired) electrons. The Balaban J connectivity index is 0. The first kappa shape index (κ1) is 11.1. The molecule has 0 nitrogen and oxygen atoms in total. The van der Waals surface area contributed by atoms with Crippen LogP contribution in [0.4, 0.5) is 0 Å². The van der Waals surface area contributed by atoms with Crippen LogP contribution in [0.2, 0.25) is 5.31 Å². The van der Waals surface area contributed by atoms with Crippen molar-refractivity contribution in [2.75, 3.05) is 0 Å². The van der Waals surface area contributed by atoms with Gasteiger partial charge in [0.2, 0.25) is 0 Å². The van der Waals surface area contributed by atoms with Crippen LogP contribution in [0.5, 0.6) is 0 Å². The van der Waals surface area contributed by atoms with Gasteiger partial charge in [0.15, 0.2) is 0 Å². The molecule has 42 valence electrons. The van der Waals surface area contributed by atoms with Gasteiger partial charge in [0.1, 0.15) is 0 Å². The van der Waals surface area contributed by atoms with E-state index in [9.17, 15) is 0 Å². The van der Waals surface area contributed by atoms with Crippen LogP contribution in [0.1, 0.15) is 28.2 Å². The van der Waals surface area contributed by atoms with Crippen LogP contribution in [0.25, 0.3) is 0 Å². The molecule has 0 rings (SSSR count). The van der Waals surface area contributed by atoms with E-state index in [0.29, 0.717) is 0 Å². The van der Waals surface area contributed by atoms with Crippen molar-refractivity contribution in [2.45, 2.75) is 33.5 Å². The van der Waals surface area contributed by atoms with Crippen molar-refractivity contribution in [1.82, 2.24) is 0 Å². The van der Waals surface area contributed by atoms with E-state index in [-0.39, 0.29) is 19.2 Å². The largest absolute Gasteiger partial charge is 0.0776 e. The van der Waals surface area contributed by atoms with Crippen LogP contribution >= 0.6 is 0 Å².